The van der Waals surface area contributed by atoms with Crippen LogP contribution in [0.2, 0.25) is 15.2 Å². The minimum absolute atomic E-state index is 0.0536. The Balaban J connectivity index is 2.24. The van der Waals surface area contributed by atoms with Crippen LogP contribution in [0, 0.1) is 0 Å². The third-order valence-electron chi connectivity index (χ3n) is 2.64. The Bertz CT molecular complexity index is 594. The van der Waals surface area contributed by atoms with Crippen molar-refractivity contribution in [1.29, 1.82) is 0 Å². The molecule has 2 N–H and O–H groups in total. The zero-order valence-electron chi connectivity index (χ0n) is 10.2. The van der Waals surface area contributed by atoms with Crippen molar-refractivity contribution in [3.8, 4) is 0 Å². The van der Waals surface area contributed by atoms with Gasteiger partial charge in [0.25, 0.3) is 0 Å². The van der Waals surface area contributed by atoms with Crippen molar-refractivity contribution in [1.82, 2.24) is 4.98 Å². The number of halogens is 3. The summed E-state index contributed by atoms with van der Waals surface area (Å²) in [5, 5.41) is -0.409. The Labute approximate surface area is 129 Å². The average molecular weight is 340 g/mol. The van der Waals surface area contributed by atoms with E-state index in [1.807, 2.05) is 0 Å². The van der Waals surface area contributed by atoms with Crippen LogP contribution in [0.5, 0.6) is 0 Å². The van der Waals surface area contributed by atoms with Gasteiger partial charge in [0.15, 0.2) is 10.8 Å². The number of aromatic nitrogens is 1. The van der Waals surface area contributed by atoms with Crippen LogP contribution in [0.25, 0.3) is 0 Å². The van der Waals surface area contributed by atoms with E-state index in [0.717, 1.165) is 0 Å². The fourth-order valence-electron chi connectivity index (χ4n) is 1.67. The number of ether oxygens (including phenoxy) is 2. The summed E-state index contributed by atoms with van der Waals surface area (Å²) in [6.07, 6.45) is -1.05. The molecule has 1 aromatic heterocycles. The topological polar surface area (TPSA) is 91.5 Å². The van der Waals surface area contributed by atoms with Crippen molar-refractivity contribution in [2.24, 2.45) is 0 Å². The van der Waals surface area contributed by atoms with E-state index in [0.29, 0.717) is 0 Å². The molecule has 0 bridgehead atoms. The first-order valence-electron chi connectivity index (χ1n) is 5.52. The predicted molar refractivity (Wildman–Crippen MR) is 73.1 cm³/mol. The summed E-state index contributed by atoms with van der Waals surface area (Å²) < 4.78 is 9.86. The highest BCUT2D eigenvalue weighted by molar-refractivity contribution is 6.46. The monoisotopic (exact) mass is 338 g/mol. The number of cyclic esters (lactones) is 1. The first kappa shape index (κ1) is 15.2. The molecule has 0 aromatic carbocycles. The van der Waals surface area contributed by atoms with E-state index >= 15 is 0 Å². The van der Waals surface area contributed by atoms with Crippen LogP contribution >= 0.6 is 34.8 Å². The van der Waals surface area contributed by atoms with E-state index in [1.165, 1.54) is 0 Å². The molecule has 0 amide bonds. The van der Waals surface area contributed by atoms with Gasteiger partial charge in [-0.3, -0.25) is 0 Å². The molecule has 0 aliphatic carbocycles. The lowest BCUT2D eigenvalue weighted by Gasteiger charge is -2.11. The number of nitrogens with zero attached hydrogens (tertiary/aromatic N) is 1. The average Bonchev–Trinajstić information content (AvgIpc) is 2.69. The molecule has 9 heteroatoms. The van der Waals surface area contributed by atoms with Gasteiger partial charge < -0.3 is 15.2 Å². The lowest BCUT2D eigenvalue weighted by molar-refractivity contribution is -0.147. The molecule has 1 fully saturated rings. The van der Waals surface area contributed by atoms with Crippen molar-refractivity contribution >= 4 is 52.4 Å². The molecular weight excluding hydrogens is 330 g/mol. The molecule has 0 saturated carbocycles. The SMILES string of the molecule is C[C@H]1C[C@@H](OC(=O)c2nc(Cl)c(Cl)c(N)c2Cl)C(=O)O1. The van der Waals surface area contributed by atoms with Gasteiger partial charge in [0.1, 0.15) is 11.1 Å². The summed E-state index contributed by atoms with van der Waals surface area (Å²) in [4.78, 5) is 27.1. The molecule has 2 rings (SSSR count). The Morgan fingerprint density at radius 1 is 1.40 bits per heavy atom. The number of carbonyl (C=O) groups is 2. The number of hydrogen-bond acceptors (Lipinski definition) is 6. The van der Waals surface area contributed by atoms with Gasteiger partial charge in [-0.25, -0.2) is 14.6 Å². The van der Waals surface area contributed by atoms with Crippen molar-refractivity contribution in [3.05, 3.63) is 20.9 Å². The molecule has 0 spiro atoms. The van der Waals surface area contributed by atoms with Crippen LogP contribution in [0.3, 0.4) is 0 Å². The molecule has 0 unspecified atom stereocenters. The summed E-state index contributed by atoms with van der Waals surface area (Å²) >= 11 is 17.3. The van der Waals surface area contributed by atoms with Crippen LogP contribution < -0.4 is 5.73 Å². The Morgan fingerprint density at radius 2 is 2.05 bits per heavy atom. The van der Waals surface area contributed by atoms with E-state index in [-0.39, 0.29) is 39.1 Å². The zero-order chi connectivity index (χ0) is 15.0. The molecule has 2 heterocycles. The second-order valence-electron chi connectivity index (χ2n) is 4.17. The number of carbonyl (C=O) groups excluding carboxylic acids is 2. The van der Waals surface area contributed by atoms with Gasteiger partial charge in [0, 0.05) is 6.42 Å². The summed E-state index contributed by atoms with van der Waals surface area (Å²) in [5.74, 6) is -1.54. The van der Waals surface area contributed by atoms with Gasteiger partial charge in [-0.1, -0.05) is 34.8 Å². The summed E-state index contributed by atoms with van der Waals surface area (Å²) in [6, 6.07) is 0. The zero-order valence-corrected chi connectivity index (χ0v) is 12.4. The minimum atomic E-state index is -0.994. The molecule has 20 heavy (non-hydrogen) atoms. The number of nitrogens with two attached hydrogens (primary N) is 1. The van der Waals surface area contributed by atoms with Crippen molar-refractivity contribution < 1.29 is 19.1 Å². The van der Waals surface area contributed by atoms with E-state index in [9.17, 15) is 9.59 Å². The first-order valence-corrected chi connectivity index (χ1v) is 6.66. The van der Waals surface area contributed by atoms with Crippen LogP contribution in [-0.4, -0.2) is 29.1 Å². The number of anilines is 1. The molecule has 1 aliphatic heterocycles. The Hall–Kier alpha value is -1.24. The van der Waals surface area contributed by atoms with Gasteiger partial charge in [0.05, 0.1) is 10.7 Å². The fourth-order valence-corrected chi connectivity index (χ4v) is 2.25. The van der Waals surface area contributed by atoms with E-state index in [1.54, 1.807) is 6.92 Å². The number of esters is 2. The molecule has 1 saturated heterocycles. The molecule has 2 atom stereocenters. The van der Waals surface area contributed by atoms with Crippen LogP contribution in [0.4, 0.5) is 5.69 Å². The van der Waals surface area contributed by atoms with Crippen LogP contribution in [-0.2, 0) is 14.3 Å². The van der Waals surface area contributed by atoms with Crippen LogP contribution in [0.1, 0.15) is 23.8 Å². The third kappa shape index (κ3) is 2.77. The number of hydrogen-bond donors (Lipinski definition) is 1. The van der Waals surface area contributed by atoms with Gasteiger partial charge in [-0.2, -0.15) is 0 Å². The standard InChI is InChI=1S/C11H9Cl3N2O4/c1-3-2-4(10(17)19-3)20-11(18)8-5(12)7(15)6(13)9(14)16-8/h3-4H,2H2,1H3,(H2,15,16)/t3-,4+/m0/s1. The second kappa shape index (κ2) is 5.63. The van der Waals surface area contributed by atoms with Crippen molar-refractivity contribution in [2.75, 3.05) is 5.73 Å². The Morgan fingerprint density at radius 3 is 2.60 bits per heavy atom. The number of rotatable bonds is 2. The predicted octanol–water partition coefficient (Wildman–Crippen LogP) is 2.48. The molecule has 0 radical (unpaired) electrons. The van der Waals surface area contributed by atoms with Crippen molar-refractivity contribution in [3.63, 3.8) is 0 Å². The Kier molecular flexibility index (Phi) is 4.27. The lowest BCUT2D eigenvalue weighted by Crippen LogP contribution is -2.23. The molecule has 1 aliphatic rings. The fraction of sp³-hybridized carbons (Fsp3) is 0.364. The molecule has 6 nitrogen and oxygen atoms in total. The smallest absolute Gasteiger partial charge is 0.359 e. The van der Waals surface area contributed by atoms with Crippen LogP contribution in [0.15, 0.2) is 0 Å². The van der Waals surface area contributed by atoms with Gasteiger partial charge in [-0.05, 0) is 6.92 Å². The lowest BCUT2D eigenvalue weighted by atomic mass is 10.2. The normalized spacial score (nSPS) is 21.7. The van der Waals surface area contributed by atoms with Crippen molar-refractivity contribution in [2.45, 2.75) is 25.6 Å². The highest BCUT2D eigenvalue weighted by Gasteiger charge is 2.36. The first-order chi connectivity index (χ1) is 9.31. The minimum Gasteiger partial charge on any atom is -0.460 e. The van der Waals surface area contributed by atoms with E-state index < -0.39 is 18.0 Å². The quantitative estimate of drug-likeness (QED) is 0.657. The van der Waals surface area contributed by atoms with Gasteiger partial charge >= 0.3 is 11.9 Å². The largest absolute Gasteiger partial charge is 0.460 e. The number of pyridine rings is 1. The maximum atomic E-state index is 12.0. The maximum absolute atomic E-state index is 12.0. The number of nitrogen functional groups attached to an aromatic ring is 1. The second-order valence-corrected chi connectivity index (χ2v) is 5.28. The summed E-state index contributed by atoms with van der Waals surface area (Å²) in [7, 11) is 0. The van der Waals surface area contributed by atoms with Gasteiger partial charge in [0.2, 0.25) is 6.10 Å². The molecule has 108 valence electrons. The molecular formula is C11H9Cl3N2O4. The maximum Gasteiger partial charge on any atom is 0.359 e. The summed E-state index contributed by atoms with van der Waals surface area (Å²) in [5.41, 5.74) is 5.21. The highest BCUT2D eigenvalue weighted by Crippen LogP contribution is 2.34. The molecule has 1 aromatic rings. The van der Waals surface area contributed by atoms with Gasteiger partial charge in [-0.15, -0.1) is 0 Å². The highest BCUT2D eigenvalue weighted by atomic mass is 35.5. The van der Waals surface area contributed by atoms with E-state index in [4.69, 9.17) is 50.0 Å². The van der Waals surface area contributed by atoms with E-state index in [2.05, 4.69) is 4.98 Å². The third-order valence-corrected chi connectivity index (χ3v) is 3.78. The summed E-state index contributed by atoms with van der Waals surface area (Å²) in [6.45, 7) is 1.69.